The van der Waals surface area contributed by atoms with Crippen LogP contribution < -0.4 is 5.32 Å². The van der Waals surface area contributed by atoms with Gasteiger partial charge in [0.05, 0.1) is 3.79 Å². The lowest BCUT2D eigenvalue weighted by Gasteiger charge is -2.33. The first-order valence-corrected chi connectivity index (χ1v) is 8.23. The first kappa shape index (κ1) is 13.6. The molecule has 1 saturated carbocycles. The summed E-state index contributed by atoms with van der Waals surface area (Å²) in [6.07, 6.45) is 5.31. The molecule has 1 N–H and O–H groups in total. The normalized spacial score (nSPS) is 29.5. The number of halogens is 1. The highest BCUT2D eigenvalue weighted by Crippen LogP contribution is 2.28. The Morgan fingerprint density at radius 2 is 2.18 bits per heavy atom. The van der Waals surface area contributed by atoms with Crippen LogP contribution in [0.2, 0.25) is 0 Å². The van der Waals surface area contributed by atoms with E-state index in [1.165, 1.54) is 27.9 Å². The summed E-state index contributed by atoms with van der Waals surface area (Å²) in [5.41, 5.74) is 0. The average Bonchev–Trinajstić information content (AvgIpc) is 2.68. The van der Waals surface area contributed by atoms with Crippen LogP contribution in [0.5, 0.6) is 0 Å². The zero-order valence-corrected chi connectivity index (χ0v) is 13.1. The van der Waals surface area contributed by atoms with Gasteiger partial charge in [-0.25, -0.2) is 0 Å². The van der Waals surface area contributed by atoms with E-state index in [1.807, 2.05) is 11.3 Å². The average molecular weight is 316 g/mol. The molecule has 1 aromatic rings. The van der Waals surface area contributed by atoms with Gasteiger partial charge in [0, 0.05) is 17.5 Å². The Bertz CT molecular complexity index is 350. The van der Waals surface area contributed by atoms with Crippen LogP contribution in [0.3, 0.4) is 0 Å². The van der Waals surface area contributed by atoms with Gasteiger partial charge in [-0.05, 0) is 65.6 Å². The van der Waals surface area contributed by atoms with Gasteiger partial charge in [0.1, 0.15) is 0 Å². The molecule has 0 aliphatic heterocycles. The molecule has 0 radical (unpaired) electrons. The second kappa shape index (κ2) is 6.35. The van der Waals surface area contributed by atoms with Crippen LogP contribution in [0.1, 0.15) is 38.0 Å². The van der Waals surface area contributed by atoms with Crippen molar-refractivity contribution < 1.29 is 0 Å². The predicted molar refractivity (Wildman–Crippen MR) is 79.7 cm³/mol. The molecular weight excluding hydrogens is 294 g/mol. The molecule has 1 fully saturated rings. The zero-order chi connectivity index (χ0) is 12.3. The summed E-state index contributed by atoms with van der Waals surface area (Å²) in [7, 11) is 0. The lowest BCUT2D eigenvalue weighted by molar-refractivity contribution is 0.229. The van der Waals surface area contributed by atoms with Gasteiger partial charge in [-0.15, -0.1) is 11.3 Å². The summed E-state index contributed by atoms with van der Waals surface area (Å²) in [5.74, 6) is 1.77. The summed E-state index contributed by atoms with van der Waals surface area (Å²) in [5, 5.41) is 3.74. The van der Waals surface area contributed by atoms with Gasteiger partial charge in [-0.3, -0.25) is 0 Å². The third kappa shape index (κ3) is 4.08. The molecule has 96 valence electrons. The highest BCUT2D eigenvalue weighted by atomic mass is 79.9. The maximum atomic E-state index is 3.74. The summed E-state index contributed by atoms with van der Waals surface area (Å²) >= 11 is 5.37. The molecule has 1 aliphatic carbocycles. The van der Waals surface area contributed by atoms with Crippen molar-refractivity contribution in [1.82, 2.24) is 5.32 Å². The fourth-order valence-electron chi connectivity index (χ4n) is 2.84. The standard InChI is InChI=1S/C14H22BrNS/c1-10-3-5-13(11(2)9-10)16-8-7-12-4-6-14(15)17-12/h4,6,10-11,13,16H,3,5,7-9H2,1-2H3. The van der Waals surface area contributed by atoms with Crippen molar-refractivity contribution in [2.24, 2.45) is 11.8 Å². The Balaban J connectivity index is 1.71. The zero-order valence-electron chi connectivity index (χ0n) is 10.7. The van der Waals surface area contributed by atoms with Crippen molar-refractivity contribution in [1.29, 1.82) is 0 Å². The van der Waals surface area contributed by atoms with Crippen LogP contribution in [-0.4, -0.2) is 12.6 Å². The fraction of sp³-hybridized carbons (Fsp3) is 0.714. The van der Waals surface area contributed by atoms with Crippen LogP contribution in [0.4, 0.5) is 0 Å². The molecule has 0 amide bonds. The van der Waals surface area contributed by atoms with Crippen molar-refractivity contribution in [3.8, 4) is 0 Å². The van der Waals surface area contributed by atoms with Crippen LogP contribution >= 0.6 is 27.3 Å². The molecule has 1 heterocycles. The quantitative estimate of drug-likeness (QED) is 0.864. The van der Waals surface area contributed by atoms with Crippen LogP contribution in [-0.2, 0) is 6.42 Å². The number of nitrogens with one attached hydrogen (secondary N) is 1. The molecule has 17 heavy (non-hydrogen) atoms. The second-order valence-electron chi connectivity index (χ2n) is 5.41. The van der Waals surface area contributed by atoms with Crippen molar-refractivity contribution in [3.05, 3.63) is 20.8 Å². The molecule has 3 atom stereocenters. The summed E-state index contributed by atoms with van der Waals surface area (Å²) < 4.78 is 1.24. The maximum Gasteiger partial charge on any atom is 0.0701 e. The Morgan fingerprint density at radius 3 is 2.82 bits per heavy atom. The topological polar surface area (TPSA) is 12.0 Å². The van der Waals surface area contributed by atoms with E-state index in [2.05, 4.69) is 47.2 Å². The summed E-state index contributed by atoms with van der Waals surface area (Å²) in [6.45, 7) is 5.90. The fourth-order valence-corrected chi connectivity index (χ4v) is 4.32. The lowest BCUT2D eigenvalue weighted by Crippen LogP contribution is -2.39. The van der Waals surface area contributed by atoms with Gasteiger partial charge in [-0.1, -0.05) is 13.8 Å². The smallest absolute Gasteiger partial charge is 0.0701 e. The monoisotopic (exact) mass is 315 g/mol. The van der Waals surface area contributed by atoms with Gasteiger partial charge in [-0.2, -0.15) is 0 Å². The number of thiophene rings is 1. The SMILES string of the molecule is CC1CCC(NCCc2ccc(Br)s2)C(C)C1. The minimum absolute atomic E-state index is 0.745. The van der Waals surface area contributed by atoms with E-state index in [4.69, 9.17) is 0 Å². The van der Waals surface area contributed by atoms with Crippen LogP contribution in [0.25, 0.3) is 0 Å². The van der Waals surface area contributed by atoms with Crippen molar-refractivity contribution in [3.63, 3.8) is 0 Å². The second-order valence-corrected chi connectivity index (χ2v) is 7.96. The van der Waals surface area contributed by atoms with E-state index in [1.54, 1.807) is 0 Å². The Labute approximate surface area is 117 Å². The van der Waals surface area contributed by atoms with Crippen LogP contribution in [0, 0.1) is 11.8 Å². The number of hydrogen-bond acceptors (Lipinski definition) is 2. The highest BCUT2D eigenvalue weighted by molar-refractivity contribution is 9.11. The first-order valence-electron chi connectivity index (χ1n) is 6.62. The van der Waals surface area contributed by atoms with Gasteiger partial charge in [0.25, 0.3) is 0 Å². The number of rotatable bonds is 4. The third-order valence-corrected chi connectivity index (χ3v) is 5.52. The van der Waals surface area contributed by atoms with Crippen LogP contribution in [0.15, 0.2) is 15.9 Å². The Hall–Kier alpha value is 0.140. The van der Waals surface area contributed by atoms with E-state index < -0.39 is 0 Å². The van der Waals surface area contributed by atoms with E-state index in [0.29, 0.717) is 0 Å². The first-order chi connectivity index (χ1) is 8.15. The molecule has 2 rings (SSSR count). The minimum Gasteiger partial charge on any atom is -0.313 e. The van der Waals surface area contributed by atoms with Crippen molar-refractivity contribution in [2.75, 3.05) is 6.54 Å². The molecule has 0 bridgehead atoms. The summed E-state index contributed by atoms with van der Waals surface area (Å²) in [4.78, 5) is 1.47. The molecule has 3 heteroatoms. The van der Waals surface area contributed by atoms with Gasteiger partial charge < -0.3 is 5.32 Å². The molecule has 1 aromatic heterocycles. The Kier molecular flexibility index (Phi) is 5.07. The molecule has 3 unspecified atom stereocenters. The predicted octanol–water partition coefficient (Wildman–Crippen LogP) is 4.47. The third-order valence-electron chi connectivity index (χ3n) is 3.84. The lowest BCUT2D eigenvalue weighted by atomic mass is 9.80. The van der Waals surface area contributed by atoms with E-state index in [-0.39, 0.29) is 0 Å². The van der Waals surface area contributed by atoms with Crippen molar-refractivity contribution >= 4 is 27.3 Å². The molecule has 0 saturated heterocycles. The van der Waals surface area contributed by atoms with Gasteiger partial charge in [0.15, 0.2) is 0 Å². The van der Waals surface area contributed by atoms with E-state index in [9.17, 15) is 0 Å². The molecule has 1 nitrogen and oxygen atoms in total. The summed E-state index contributed by atoms with van der Waals surface area (Å²) in [6, 6.07) is 5.11. The molecular formula is C14H22BrNS. The van der Waals surface area contributed by atoms with Crippen molar-refractivity contribution in [2.45, 2.75) is 45.6 Å². The molecule has 1 aliphatic rings. The maximum absolute atomic E-state index is 3.74. The van der Waals surface area contributed by atoms with Gasteiger partial charge >= 0.3 is 0 Å². The number of hydrogen-bond donors (Lipinski definition) is 1. The molecule has 0 aromatic carbocycles. The van der Waals surface area contributed by atoms with Gasteiger partial charge in [0.2, 0.25) is 0 Å². The molecule has 0 spiro atoms. The largest absolute Gasteiger partial charge is 0.313 e. The minimum atomic E-state index is 0.745. The van der Waals surface area contributed by atoms with E-state index in [0.717, 1.165) is 30.8 Å². The van der Waals surface area contributed by atoms with E-state index >= 15 is 0 Å². The Morgan fingerprint density at radius 1 is 1.35 bits per heavy atom. The highest BCUT2D eigenvalue weighted by Gasteiger charge is 2.24.